The number of alkyl halides is 3. The van der Waals surface area contributed by atoms with E-state index in [0.29, 0.717) is 0 Å². The molecular weight excluding hydrogens is 461 g/mol. The van der Waals surface area contributed by atoms with Crippen LogP contribution in [0.5, 0.6) is 0 Å². The summed E-state index contributed by atoms with van der Waals surface area (Å²) in [6, 6.07) is 6.51. The van der Waals surface area contributed by atoms with Crippen molar-refractivity contribution in [3.8, 4) is 11.1 Å². The first-order valence-corrected chi connectivity index (χ1v) is 9.83. The molecule has 2 heterocycles. The molecule has 0 atom stereocenters. The molecule has 1 aromatic heterocycles. The van der Waals surface area contributed by atoms with Gasteiger partial charge in [0, 0.05) is 16.8 Å². The van der Waals surface area contributed by atoms with Gasteiger partial charge in [-0.1, -0.05) is 12.1 Å². The fourth-order valence-corrected chi connectivity index (χ4v) is 3.81. The number of carbonyl (C=O) groups excluding carboxylic acids is 2. The fourth-order valence-electron chi connectivity index (χ4n) is 3.81. The third kappa shape index (κ3) is 4.17. The Morgan fingerprint density at radius 2 is 1.82 bits per heavy atom. The van der Waals surface area contributed by atoms with Crippen molar-refractivity contribution in [1.82, 2.24) is 4.98 Å². The summed E-state index contributed by atoms with van der Waals surface area (Å²) in [5.74, 6) is -3.22. The normalized spacial score (nSPS) is 14.3. The number of hydrogen-bond acceptors (Lipinski definition) is 3. The average molecular weight is 477 g/mol. The Bertz CT molecular complexity index is 1340. The highest BCUT2D eigenvalue weighted by molar-refractivity contribution is 6.35. The molecule has 0 aliphatic carbocycles. The zero-order valence-corrected chi connectivity index (χ0v) is 17.4. The Hall–Kier alpha value is -3.99. The molecule has 4 N–H and O–H groups in total. The molecule has 2 aromatic carbocycles. The second-order valence-electron chi connectivity index (χ2n) is 7.51. The average Bonchev–Trinajstić information content (AvgIpc) is 3.25. The molecule has 34 heavy (non-hydrogen) atoms. The summed E-state index contributed by atoms with van der Waals surface area (Å²) >= 11 is 0. The van der Waals surface area contributed by atoms with Crippen LogP contribution < -0.4 is 10.6 Å². The molecule has 176 valence electrons. The van der Waals surface area contributed by atoms with Gasteiger partial charge in [-0.3, -0.25) is 9.59 Å². The Kier molecular flexibility index (Phi) is 5.74. The van der Waals surface area contributed by atoms with Crippen LogP contribution >= 0.6 is 0 Å². The highest BCUT2D eigenvalue weighted by atomic mass is 19.4. The van der Waals surface area contributed by atoms with Crippen molar-refractivity contribution in [2.24, 2.45) is 0 Å². The van der Waals surface area contributed by atoms with Gasteiger partial charge in [-0.05, 0) is 42.8 Å². The number of halogens is 5. The summed E-state index contributed by atoms with van der Waals surface area (Å²) < 4.78 is 70.0. The predicted molar refractivity (Wildman–Crippen MR) is 115 cm³/mol. The van der Waals surface area contributed by atoms with Crippen LogP contribution in [0.3, 0.4) is 0 Å². The van der Waals surface area contributed by atoms with Crippen molar-refractivity contribution in [1.29, 1.82) is 0 Å². The fraction of sp³-hybridized carbons (Fsp3) is 0.130. The van der Waals surface area contributed by atoms with E-state index in [1.807, 2.05) is 0 Å². The standard InChI is InChI=1S/C23H16F5N3O3/c1-10-20(11-2-4-12(24)5-3-11)21(23(26,27)28)18(29-10)7-14-13-6-15(25)17(30-19(33)9-32)8-16(13)31-22(14)34/h2-8,29,32H,9H2,1H3,(H,30,33)(H,31,34)/b14-7-. The lowest BCUT2D eigenvalue weighted by atomic mass is 9.98. The number of benzene rings is 2. The third-order valence-corrected chi connectivity index (χ3v) is 5.23. The van der Waals surface area contributed by atoms with E-state index >= 15 is 0 Å². The first-order chi connectivity index (χ1) is 16.0. The van der Waals surface area contributed by atoms with Gasteiger partial charge in [-0.2, -0.15) is 13.2 Å². The van der Waals surface area contributed by atoms with Crippen LogP contribution in [0.4, 0.5) is 33.3 Å². The van der Waals surface area contributed by atoms with E-state index in [1.54, 1.807) is 0 Å². The van der Waals surface area contributed by atoms with Gasteiger partial charge >= 0.3 is 6.18 Å². The first kappa shape index (κ1) is 23.2. The van der Waals surface area contributed by atoms with Gasteiger partial charge in [0.1, 0.15) is 18.2 Å². The quantitative estimate of drug-likeness (QED) is 0.324. The van der Waals surface area contributed by atoms with E-state index in [0.717, 1.165) is 30.3 Å². The molecule has 4 rings (SSSR count). The van der Waals surface area contributed by atoms with Crippen LogP contribution in [0.15, 0.2) is 36.4 Å². The predicted octanol–water partition coefficient (Wildman–Crippen LogP) is 4.71. The van der Waals surface area contributed by atoms with Gasteiger partial charge in [-0.25, -0.2) is 8.78 Å². The number of amides is 2. The van der Waals surface area contributed by atoms with Crippen LogP contribution in [0.25, 0.3) is 22.8 Å². The SMILES string of the molecule is Cc1[nH]c(/C=C2\C(=O)Nc3cc(NC(=O)CO)c(F)cc32)c(C(F)(F)F)c1-c1ccc(F)cc1. The smallest absolute Gasteiger partial charge is 0.387 e. The summed E-state index contributed by atoms with van der Waals surface area (Å²) in [6.07, 6.45) is -3.86. The molecule has 0 bridgehead atoms. The number of aryl methyl sites for hydroxylation is 1. The molecule has 0 fully saturated rings. The van der Waals surface area contributed by atoms with E-state index in [1.165, 1.54) is 19.1 Å². The Balaban J connectivity index is 1.85. The molecule has 0 spiro atoms. The number of aromatic amines is 1. The number of rotatable bonds is 4. The van der Waals surface area contributed by atoms with Crippen molar-refractivity contribution in [3.63, 3.8) is 0 Å². The minimum absolute atomic E-state index is 0.00629. The van der Waals surface area contributed by atoms with E-state index < -0.39 is 47.5 Å². The highest BCUT2D eigenvalue weighted by Gasteiger charge is 2.39. The maximum atomic E-state index is 14.5. The van der Waals surface area contributed by atoms with Crippen molar-refractivity contribution in [2.45, 2.75) is 13.1 Å². The summed E-state index contributed by atoms with van der Waals surface area (Å²) in [4.78, 5) is 26.5. The zero-order chi connectivity index (χ0) is 24.8. The van der Waals surface area contributed by atoms with Gasteiger partial charge in [0.2, 0.25) is 5.91 Å². The number of aliphatic hydroxyl groups excluding tert-OH is 1. The van der Waals surface area contributed by atoms with E-state index in [9.17, 15) is 31.5 Å². The number of hydrogen-bond donors (Lipinski definition) is 4. The molecule has 0 radical (unpaired) electrons. The number of H-pyrrole nitrogens is 1. The summed E-state index contributed by atoms with van der Waals surface area (Å²) in [5.41, 5.74) is -1.91. The molecule has 0 unspecified atom stereocenters. The third-order valence-electron chi connectivity index (χ3n) is 5.23. The molecule has 1 aliphatic rings. The number of nitrogens with one attached hydrogen (secondary N) is 3. The molecular formula is C23H16F5N3O3. The molecule has 3 aromatic rings. The monoisotopic (exact) mass is 477 g/mol. The second-order valence-corrected chi connectivity index (χ2v) is 7.51. The molecule has 0 saturated carbocycles. The largest absolute Gasteiger partial charge is 0.419 e. The van der Waals surface area contributed by atoms with Crippen LogP contribution in [-0.4, -0.2) is 28.5 Å². The van der Waals surface area contributed by atoms with Crippen LogP contribution in [0.1, 0.15) is 22.5 Å². The number of aliphatic hydroxyl groups is 1. The molecule has 0 saturated heterocycles. The number of aromatic nitrogens is 1. The zero-order valence-electron chi connectivity index (χ0n) is 17.4. The molecule has 2 amide bonds. The van der Waals surface area contributed by atoms with Gasteiger partial charge in [0.25, 0.3) is 5.91 Å². The van der Waals surface area contributed by atoms with Gasteiger partial charge in [0.15, 0.2) is 0 Å². The van der Waals surface area contributed by atoms with E-state index in [-0.39, 0.29) is 39.3 Å². The van der Waals surface area contributed by atoms with Gasteiger partial charge in [-0.15, -0.1) is 0 Å². The maximum absolute atomic E-state index is 14.5. The van der Waals surface area contributed by atoms with Crippen LogP contribution in [0, 0.1) is 18.6 Å². The summed E-state index contributed by atoms with van der Waals surface area (Å²) in [5, 5.41) is 13.3. The Morgan fingerprint density at radius 3 is 2.44 bits per heavy atom. The number of anilines is 2. The molecule has 1 aliphatic heterocycles. The van der Waals surface area contributed by atoms with E-state index in [4.69, 9.17) is 5.11 Å². The topological polar surface area (TPSA) is 94.2 Å². The molecule has 6 nitrogen and oxygen atoms in total. The van der Waals surface area contributed by atoms with Crippen molar-refractivity contribution >= 4 is 34.8 Å². The summed E-state index contributed by atoms with van der Waals surface area (Å²) in [6.45, 7) is 0.519. The van der Waals surface area contributed by atoms with E-state index in [2.05, 4.69) is 15.6 Å². The van der Waals surface area contributed by atoms with Crippen LogP contribution in [-0.2, 0) is 15.8 Å². The van der Waals surface area contributed by atoms with Crippen molar-refractivity contribution in [2.75, 3.05) is 17.2 Å². The second kappa shape index (κ2) is 8.41. The lowest BCUT2D eigenvalue weighted by Crippen LogP contribution is -2.16. The summed E-state index contributed by atoms with van der Waals surface area (Å²) in [7, 11) is 0. The highest BCUT2D eigenvalue weighted by Crippen LogP contribution is 2.44. The van der Waals surface area contributed by atoms with Gasteiger partial charge in [0.05, 0.1) is 28.2 Å². The maximum Gasteiger partial charge on any atom is 0.419 e. The number of fused-ring (bicyclic) bond motifs is 1. The Labute approximate surface area is 189 Å². The lowest BCUT2D eigenvalue weighted by Gasteiger charge is -2.11. The molecule has 11 heteroatoms. The van der Waals surface area contributed by atoms with Crippen molar-refractivity contribution in [3.05, 3.63) is 70.5 Å². The minimum atomic E-state index is -4.83. The van der Waals surface area contributed by atoms with Crippen LogP contribution in [0.2, 0.25) is 0 Å². The first-order valence-electron chi connectivity index (χ1n) is 9.83. The minimum Gasteiger partial charge on any atom is -0.387 e. The van der Waals surface area contributed by atoms with Gasteiger partial charge < -0.3 is 20.7 Å². The number of carbonyl (C=O) groups is 2. The van der Waals surface area contributed by atoms with Crippen molar-refractivity contribution < 1.29 is 36.6 Å². The lowest BCUT2D eigenvalue weighted by molar-refractivity contribution is -0.137. The Morgan fingerprint density at radius 1 is 1.15 bits per heavy atom.